The number of carbonyl (C=O) groups excluding carboxylic acids is 1. The summed E-state index contributed by atoms with van der Waals surface area (Å²) in [5, 5.41) is 3.20. The molecule has 2 aromatic carbocycles. The average molecular weight is 495 g/mol. The number of halogens is 3. The molecule has 0 aromatic heterocycles. The lowest BCUT2D eigenvalue weighted by Gasteiger charge is -2.56. The summed E-state index contributed by atoms with van der Waals surface area (Å²) in [7, 11) is 1.28. The SMILES string of the molecule is COc1cc(C(F)(F)F)cc(SC)c1C(=O)NC(c1ccccc1)C1(N2CCOCC2)CCC1. The second-order valence-electron chi connectivity index (χ2n) is 8.63. The maximum absolute atomic E-state index is 13.7. The van der Waals surface area contributed by atoms with Crippen LogP contribution in [-0.2, 0) is 10.9 Å². The van der Waals surface area contributed by atoms with E-state index in [1.165, 1.54) is 7.11 Å². The summed E-state index contributed by atoms with van der Waals surface area (Å²) in [6, 6.07) is 11.4. The second-order valence-corrected chi connectivity index (χ2v) is 9.48. The van der Waals surface area contributed by atoms with Crippen LogP contribution in [0.2, 0.25) is 0 Å². The highest BCUT2D eigenvalue weighted by Crippen LogP contribution is 2.48. The lowest BCUT2D eigenvalue weighted by Crippen LogP contribution is -2.63. The number of nitrogens with zero attached hydrogens (tertiary/aromatic N) is 1. The maximum Gasteiger partial charge on any atom is 0.416 e. The lowest BCUT2D eigenvalue weighted by molar-refractivity contribution is -0.137. The minimum Gasteiger partial charge on any atom is -0.496 e. The Morgan fingerprint density at radius 3 is 2.38 bits per heavy atom. The fourth-order valence-electron chi connectivity index (χ4n) is 5.01. The molecular formula is C25H29F3N2O3S. The zero-order valence-corrected chi connectivity index (χ0v) is 20.1. The largest absolute Gasteiger partial charge is 0.496 e. The third kappa shape index (κ3) is 4.78. The normalized spacial score (nSPS) is 19.2. The van der Waals surface area contributed by atoms with Gasteiger partial charge in [-0.25, -0.2) is 0 Å². The van der Waals surface area contributed by atoms with E-state index in [0.717, 1.165) is 61.8 Å². The Hall–Kier alpha value is -2.23. The van der Waals surface area contributed by atoms with E-state index < -0.39 is 17.6 Å². The van der Waals surface area contributed by atoms with E-state index in [1.807, 2.05) is 30.3 Å². The summed E-state index contributed by atoms with van der Waals surface area (Å²) >= 11 is 1.09. The van der Waals surface area contributed by atoms with Crippen molar-refractivity contribution in [3.8, 4) is 5.75 Å². The molecular weight excluding hydrogens is 465 g/mol. The molecule has 34 heavy (non-hydrogen) atoms. The van der Waals surface area contributed by atoms with Crippen molar-refractivity contribution in [2.45, 2.75) is 41.9 Å². The van der Waals surface area contributed by atoms with E-state index >= 15 is 0 Å². The van der Waals surface area contributed by atoms with Gasteiger partial charge < -0.3 is 14.8 Å². The van der Waals surface area contributed by atoms with Gasteiger partial charge in [0, 0.05) is 23.5 Å². The highest BCUT2D eigenvalue weighted by molar-refractivity contribution is 7.98. The number of amides is 1. The molecule has 2 aliphatic rings. The smallest absolute Gasteiger partial charge is 0.416 e. The van der Waals surface area contributed by atoms with Crippen molar-refractivity contribution < 1.29 is 27.4 Å². The van der Waals surface area contributed by atoms with Gasteiger partial charge in [-0.1, -0.05) is 30.3 Å². The predicted octanol–water partition coefficient (Wildman–Crippen LogP) is 5.16. The molecule has 0 spiro atoms. The molecule has 1 unspecified atom stereocenters. The standard InChI is InChI=1S/C25H29F3N2O3S/c1-32-19-15-18(25(26,27)28)16-20(34-2)21(19)23(31)29-22(17-7-4-3-5-8-17)24(9-6-10-24)30-11-13-33-14-12-30/h3-5,7-8,15-16,22H,6,9-14H2,1-2H3,(H,29,31). The number of hydrogen-bond acceptors (Lipinski definition) is 5. The van der Waals surface area contributed by atoms with Crippen molar-refractivity contribution >= 4 is 17.7 Å². The molecule has 1 saturated carbocycles. The Labute approximate surface area is 202 Å². The van der Waals surface area contributed by atoms with Gasteiger partial charge in [0.15, 0.2) is 0 Å². The number of ether oxygens (including phenoxy) is 2. The molecule has 5 nitrogen and oxygen atoms in total. The van der Waals surface area contributed by atoms with E-state index in [4.69, 9.17) is 9.47 Å². The molecule has 1 amide bonds. The summed E-state index contributed by atoms with van der Waals surface area (Å²) < 4.78 is 51.1. The Bertz CT molecular complexity index is 981. The summed E-state index contributed by atoms with van der Waals surface area (Å²) in [5.74, 6) is -0.527. The number of nitrogens with one attached hydrogen (secondary N) is 1. The van der Waals surface area contributed by atoms with Crippen LogP contribution in [0, 0.1) is 0 Å². The number of rotatable bonds is 7. The van der Waals surface area contributed by atoms with Crippen LogP contribution in [0.15, 0.2) is 47.4 Å². The molecule has 0 radical (unpaired) electrons. The molecule has 1 saturated heterocycles. The highest BCUT2D eigenvalue weighted by Gasteiger charge is 2.50. The van der Waals surface area contributed by atoms with Crippen LogP contribution in [0.4, 0.5) is 13.2 Å². The van der Waals surface area contributed by atoms with Crippen molar-refractivity contribution in [2.75, 3.05) is 39.7 Å². The van der Waals surface area contributed by atoms with Crippen molar-refractivity contribution in [1.29, 1.82) is 0 Å². The number of hydrogen-bond donors (Lipinski definition) is 1. The van der Waals surface area contributed by atoms with E-state index in [2.05, 4.69) is 10.2 Å². The van der Waals surface area contributed by atoms with Gasteiger partial charge in [0.1, 0.15) is 5.75 Å². The van der Waals surface area contributed by atoms with Gasteiger partial charge in [-0.2, -0.15) is 13.2 Å². The lowest BCUT2D eigenvalue weighted by atomic mass is 9.67. The minimum absolute atomic E-state index is 0.0856. The van der Waals surface area contributed by atoms with E-state index in [0.29, 0.717) is 13.2 Å². The summed E-state index contributed by atoms with van der Waals surface area (Å²) in [6.07, 6.45) is 0.0160. The van der Waals surface area contributed by atoms with Crippen molar-refractivity contribution in [1.82, 2.24) is 10.2 Å². The van der Waals surface area contributed by atoms with Gasteiger partial charge in [-0.05, 0) is 43.2 Å². The van der Waals surface area contributed by atoms with Crippen LogP contribution in [0.1, 0.15) is 46.8 Å². The minimum atomic E-state index is -4.54. The quantitative estimate of drug-likeness (QED) is 0.539. The monoisotopic (exact) mass is 494 g/mol. The number of thioether (sulfide) groups is 1. The van der Waals surface area contributed by atoms with Crippen LogP contribution in [-0.4, -0.2) is 56.0 Å². The van der Waals surface area contributed by atoms with E-state index in [1.54, 1.807) is 6.26 Å². The first-order valence-corrected chi connectivity index (χ1v) is 12.5. The van der Waals surface area contributed by atoms with Gasteiger partial charge in [0.2, 0.25) is 0 Å². The molecule has 184 valence electrons. The van der Waals surface area contributed by atoms with Crippen LogP contribution in [0.5, 0.6) is 5.75 Å². The van der Waals surface area contributed by atoms with Gasteiger partial charge in [-0.3, -0.25) is 9.69 Å². The molecule has 1 aliphatic heterocycles. The van der Waals surface area contributed by atoms with Gasteiger partial charge in [0.25, 0.3) is 5.91 Å². The number of benzene rings is 2. The zero-order valence-electron chi connectivity index (χ0n) is 19.3. The number of methoxy groups -OCH3 is 1. The molecule has 2 aromatic rings. The first kappa shape index (κ1) is 24.9. The number of carbonyl (C=O) groups is 1. The molecule has 4 rings (SSSR count). The third-order valence-electron chi connectivity index (χ3n) is 6.87. The molecule has 9 heteroatoms. The fourth-order valence-corrected chi connectivity index (χ4v) is 5.65. The van der Waals surface area contributed by atoms with Crippen LogP contribution in [0.3, 0.4) is 0 Å². The summed E-state index contributed by atoms with van der Waals surface area (Å²) in [4.78, 5) is 16.3. The maximum atomic E-state index is 13.7. The van der Waals surface area contributed by atoms with E-state index in [9.17, 15) is 18.0 Å². The molecule has 1 N–H and O–H groups in total. The van der Waals surface area contributed by atoms with E-state index in [-0.39, 0.29) is 27.8 Å². The molecule has 2 fully saturated rings. The Kier molecular flexibility index (Phi) is 7.45. The Morgan fingerprint density at radius 1 is 1.18 bits per heavy atom. The topological polar surface area (TPSA) is 50.8 Å². The Balaban J connectivity index is 1.74. The van der Waals surface area contributed by atoms with Crippen LogP contribution < -0.4 is 10.1 Å². The van der Waals surface area contributed by atoms with Crippen LogP contribution >= 0.6 is 11.8 Å². The molecule has 1 heterocycles. The first-order chi connectivity index (χ1) is 16.3. The van der Waals surface area contributed by atoms with Gasteiger partial charge in [-0.15, -0.1) is 11.8 Å². The predicted molar refractivity (Wildman–Crippen MR) is 125 cm³/mol. The Morgan fingerprint density at radius 2 is 1.85 bits per heavy atom. The molecule has 1 atom stereocenters. The van der Waals surface area contributed by atoms with Crippen molar-refractivity contribution in [3.05, 3.63) is 59.2 Å². The van der Waals surface area contributed by atoms with Crippen molar-refractivity contribution in [3.63, 3.8) is 0 Å². The third-order valence-corrected chi connectivity index (χ3v) is 7.63. The van der Waals surface area contributed by atoms with Crippen LogP contribution in [0.25, 0.3) is 0 Å². The first-order valence-electron chi connectivity index (χ1n) is 11.3. The van der Waals surface area contributed by atoms with Gasteiger partial charge in [0.05, 0.1) is 37.5 Å². The average Bonchev–Trinajstić information content (AvgIpc) is 2.82. The number of morpholine rings is 1. The summed E-state index contributed by atoms with van der Waals surface area (Å²) in [6.45, 7) is 2.83. The summed E-state index contributed by atoms with van der Waals surface area (Å²) in [5.41, 5.74) is -0.00735. The van der Waals surface area contributed by atoms with Gasteiger partial charge >= 0.3 is 6.18 Å². The highest BCUT2D eigenvalue weighted by atomic mass is 32.2. The van der Waals surface area contributed by atoms with Crippen molar-refractivity contribution in [2.24, 2.45) is 0 Å². The molecule has 1 aliphatic carbocycles. The fraction of sp³-hybridized carbons (Fsp3) is 0.480. The zero-order chi connectivity index (χ0) is 24.3. The number of alkyl halides is 3. The molecule has 0 bridgehead atoms. The second kappa shape index (κ2) is 10.2.